The average molecular weight is 593 g/mol. The van der Waals surface area contributed by atoms with Crippen LogP contribution in [0.15, 0.2) is 0 Å². The third-order valence-electron chi connectivity index (χ3n) is 5.39. The van der Waals surface area contributed by atoms with E-state index in [1.54, 1.807) is 0 Å². The Morgan fingerprint density at radius 3 is 0.854 bits per heavy atom. The number of ether oxygens (including phenoxy) is 4. The van der Waals surface area contributed by atoms with Crippen molar-refractivity contribution in [1.29, 1.82) is 0 Å². The molecule has 0 saturated carbocycles. The topological polar surface area (TPSA) is 257 Å². The summed E-state index contributed by atoms with van der Waals surface area (Å²) in [7, 11) is 0. The fourth-order valence-corrected chi connectivity index (χ4v) is 3.26. The van der Waals surface area contributed by atoms with Crippen molar-refractivity contribution in [2.24, 2.45) is 28.3 Å². The molecule has 0 aliphatic carbocycles. The molecule has 0 fully saturated rings. The van der Waals surface area contributed by atoms with Crippen molar-refractivity contribution >= 4 is 23.6 Å². The number of amides is 4. The van der Waals surface area contributed by atoms with Crippen molar-refractivity contribution in [2.75, 3.05) is 105 Å². The van der Waals surface area contributed by atoms with Crippen LogP contribution in [0.1, 0.15) is 25.7 Å². The van der Waals surface area contributed by atoms with Crippen molar-refractivity contribution in [1.82, 2.24) is 21.3 Å². The van der Waals surface area contributed by atoms with Crippen LogP contribution in [0.4, 0.5) is 0 Å². The number of hydrogen-bond acceptors (Lipinski definition) is 12. The Balaban J connectivity index is 5.24. The summed E-state index contributed by atoms with van der Waals surface area (Å²) in [4.78, 5) is 47.7. The summed E-state index contributed by atoms with van der Waals surface area (Å²) < 4.78 is 23.3. The largest absolute Gasteiger partial charge is 0.380 e. The summed E-state index contributed by atoms with van der Waals surface area (Å²) in [5.74, 6) is -0.777. The SMILES string of the molecule is NCCNC(=O)CCOCC(COCCC(=O)NCCN)(COCCC(=O)NCCN)COCCC(=O)NCCN. The highest BCUT2D eigenvalue weighted by molar-refractivity contribution is 5.77. The van der Waals surface area contributed by atoms with E-state index < -0.39 is 5.41 Å². The second kappa shape index (κ2) is 26.5. The predicted octanol–water partition coefficient (Wildman–Crippen LogP) is -4.10. The van der Waals surface area contributed by atoms with Crippen molar-refractivity contribution < 1.29 is 38.1 Å². The molecule has 0 heterocycles. The molecule has 0 rings (SSSR count). The van der Waals surface area contributed by atoms with Gasteiger partial charge < -0.3 is 63.1 Å². The minimum absolute atomic E-state index is 0.0925. The van der Waals surface area contributed by atoms with E-state index in [0.717, 1.165) is 0 Å². The maximum absolute atomic E-state index is 11.9. The van der Waals surface area contributed by atoms with Gasteiger partial charge >= 0.3 is 0 Å². The molecule has 0 aromatic carbocycles. The molecule has 0 unspecified atom stereocenters. The monoisotopic (exact) mass is 592 g/mol. The molecule has 0 aliphatic heterocycles. The van der Waals surface area contributed by atoms with E-state index in [1.165, 1.54) is 0 Å². The Hall–Kier alpha value is -2.44. The molecular weight excluding hydrogens is 540 g/mol. The first-order valence-electron chi connectivity index (χ1n) is 14.0. The van der Waals surface area contributed by atoms with Gasteiger partial charge in [-0.05, 0) is 0 Å². The Labute approximate surface area is 242 Å². The van der Waals surface area contributed by atoms with E-state index >= 15 is 0 Å². The molecule has 0 spiro atoms. The quantitative estimate of drug-likeness (QED) is 0.0403. The maximum Gasteiger partial charge on any atom is 0.222 e. The Morgan fingerprint density at radius 1 is 0.439 bits per heavy atom. The third kappa shape index (κ3) is 22.9. The molecule has 12 N–H and O–H groups in total. The fraction of sp³-hybridized carbons (Fsp3) is 0.840. The molecule has 16 nitrogen and oxygen atoms in total. The van der Waals surface area contributed by atoms with Crippen LogP contribution in [-0.2, 0) is 38.1 Å². The second-order valence-electron chi connectivity index (χ2n) is 9.26. The molecule has 0 aromatic heterocycles. The van der Waals surface area contributed by atoms with E-state index in [4.69, 9.17) is 41.9 Å². The van der Waals surface area contributed by atoms with Gasteiger partial charge in [0.05, 0.1) is 58.3 Å². The van der Waals surface area contributed by atoms with Crippen LogP contribution < -0.4 is 44.2 Å². The third-order valence-corrected chi connectivity index (χ3v) is 5.39. The number of nitrogens with two attached hydrogens (primary N) is 4. The predicted molar refractivity (Wildman–Crippen MR) is 152 cm³/mol. The van der Waals surface area contributed by atoms with Gasteiger partial charge in [0.25, 0.3) is 0 Å². The lowest BCUT2D eigenvalue weighted by Gasteiger charge is -2.33. The Bertz CT molecular complexity index is 600. The molecule has 240 valence electrons. The molecule has 4 amide bonds. The van der Waals surface area contributed by atoms with Gasteiger partial charge in [-0.25, -0.2) is 0 Å². The summed E-state index contributed by atoms with van der Waals surface area (Å²) in [5, 5.41) is 10.7. The highest BCUT2D eigenvalue weighted by Gasteiger charge is 2.33. The second-order valence-corrected chi connectivity index (χ2v) is 9.26. The highest BCUT2D eigenvalue weighted by Crippen LogP contribution is 2.21. The molecule has 0 aromatic rings. The number of carbonyl (C=O) groups is 4. The van der Waals surface area contributed by atoms with Crippen molar-refractivity contribution in [3.8, 4) is 0 Å². The van der Waals surface area contributed by atoms with Gasteiger partial charge in [-0.3, -0.25) is 19.2 Å². The molecule has 0 bridgehead atoms. The zero-order chi connectivity index (χ0) is 30.6. The van der Waals surface area contributed by atoms with Gasteiger partial charge in [-0.1, -0.05) is 0 Å². The van der Waals surface area contributed by atoms with Crippen LogP contribution in [0.5, 0.6) is 0 Å². The summed E-state index contributed by atoms with van der Waals surface area (Å²) >= 11 is 0. The first kappa shape index (κ1) is 38.6. The number of hydrogen-bond donors (Lipinski definition) is 8. The van der Waals surface area contributed by atoms with E-state index in [2.05, 4.69) is 21.3 Å². The standard InChI is InChI=1S/C25H52N8O8/c26-5-9-30-21(34)1-13-38-17-25(18-39-14-2-22(35)31-10-6-27,19-40-15-3-23(36)32-11-7-28)20-41-16-4-24(37)33-12-8-29/h1-20,26-29H2,(H,30,34)(H,31,35)(H,32,36)(H,33,37). The molecule has 0 radical (unpaired) electrons. The lowest BCUT2D eigenvalue weighted by Crippen LogP contribution is -2.43. The van der Waals surface area contributed by atoms with Crippen LogP contribution in [0, 0.1) is 5.41 Å². The normalized spacial score (nSPS) is 11.2. The zero-order valence-corrected chi connectivity index (χ0v) is 24.2. The van der Waals surface area contributed by atoms with Crippen LogP contribution in [0.25, 0.3) is 0 Å². The van der Waals surface area contributed by atoms with Gasteiger partial charge in [0.2, 0.25) is 23.6 Å². The van der Waals surface area contributed by atoms with E-state index in [1.807, 2.05) is 0 Å². The lowest BCUT2D eigenvalue weighted by molar-refractivity contribution is -0.128. The van der Waals surface area contributed by atoms with Gasteiger partial charge in [0, 0.05) is 78.0 Å². The van der Waals surface area contributed by atoms with Crippen molar-refractivity contribution in [2.45, 2.75) is 25.7 Å². The molecule has 0 atom stereocenters. The summed E-state index contributed by atoms with van der Waals surface area (Å²) in [6, 6.07) is 0. The van der Waals surface area contributed by atoms with Crippen molar-refractivity contribution in [3.05, 3.63) is 0 Å². The van der Waals surface area contributed by atoms with Crippen LogP contribution in [0.3, 0.4) is 0 Å². The smallest absolute Gasteiger partial charge is 0.222 e. The number of nitrogens with one attached hydrogen (secondary N) is 4. The molecule has 0 aliphatic rings. The minimum atomic E-state index is -0.858. The van der Waals surface area contributed by atoms with Crippen LogP contribution in [0.2, 0.25) is 0 Å². The van der Waals surface area contributed by atoms with Gasteiger partial charge in [-0.15, -0.1) is 0 Å². The first-order chi connectivity index (χ1) is 19.8. The maximum atomic E-state index is 11.9. The molecular formula is C25H52N8O8. The first-order valence-corrected chi connectivity index (χ1v) is 14.0. The van der Waals surface area contributed by atoms with Gasteiger partial charge in [-0.2, -0.15) is 0 Å². The van der Waals surface area contributed by atoms with Crippen LogP contribution in [-0.4, -0.2) is 129 Å². The highest BCUT2D eigenvalue weighted by atomic mass is 16.5. The lowest BCUT2D eigenvalue weighted by atomic mass is 9.92. The average Bonchev–Trinajstić information content (AvgIpc) is 2.97. The summed E-state index contributed by atoms with van der Waals surface area (Å²) in [6.07, 6.45) is 0.510. The van der Waals surface area contributed by atoms with E-state index in [-0.39, 0.29) is 102 Å². The molecule has 41 heavy (non-hydrogen) atoms. The fourth-order valence-electron chi connectivity index (χ4n) is 3.26. The minimum Gasteiger partial charge on any atom is -0.380 e. The van der Waals surface area contributed by atoms with Crippen molar-refractivity contribution in [3.63, 3.8) is 0 Å². The van der Waals surface area contributed by atoms with Gasteiger partial charge in [0.15, 0.2) is 0 Å². The number of rotatable bonds is 28. The molecule has 0 saturated heterocycles. The van der Waals surface area contributed by atoms with Crippen LogP contribution >= 0.6 is 0 Å². The summed E-state index contributed by atoms with van der Waals surface area (Å²) in [6.45, 7) is 3.70. The zero-order valence-electron chi connectivity index (χ0n) is 24.2. The molecule has 16 heteroatoms. The van der Waals surface area contributed by atoms with Gasteiger partial charge in [0.1, 0.15) is 0 Å². The number of carbonyl (C=O) groups excluding carboxylic acids is 4. The Kier molecular flexibility index (Phi) is 24.9. The summed E-state index contributed by atoms with van der Waals surface area (Å²) in [5.41, 5.74) is 20.8. The Morgan fingerprint density at radius 2 is 0.659 bits per heavy atom. The van der Waals surface area contributed by atoms with E-state index in [9.17, 15) is 19.2 Å². The van der Waals surface area contributed by atoms with E-state index in [0.29, 0.717) is 52.4 Å².